The van der Waals surface area contributed by atoms with Gasteiger partial charge < -0.3 is 5.32 Å². The van der Waals surface area contributed by atoms with Gasteiger partial charge in [0, 0.05) is 23.9 Å². The number of carbonyl (C=O) groups excluding carboxylic acids is 1. The zero-order valence-electron chi connectivity index (χ0n) is 13.1. The molecule has 7 nitrogen and oxygen atoms in total. The third-order valence-corrected chi connectivity index (χ3v) is 7.28. The lowest BCUT2D eigenvalue weighted by molar-refractivity contribution is 0.0958. The summed E-state index contributed by atoms with van der Waals surface area (Å²) in [5, 5.41) is 13.2. The van der Waals surface area contributed by atoms with E-state index in [-0.39, 0.29) is 10.1 Å². The second-order valence-corrected chi connectivity index (χ2v) is 9.30. The fraction of sp³-hybridized carbons (Fsp3) is 0.286. The molecule has 0 atom stereocenters. The molecule has 3 aromatic heterocycles. The summed E-state index contributed by atoms with van der Waals surface area (Å²) in [5.41, 5.74) is 0.900. The van der Waals surface area contributed by atoms with Crippen molar-refractivity contribution in [2.75, 3.05) is 6.54 Å². The van der Waals surface area contributed by atoms with E-state index in [4.69, 9.17) is 5.14 Å². The lowest BCUT2D eigenvalue weighted by atomic mass is 10.3. The highest BCUT2D eigenvalue weighted by molar-refractivity contribution is 7.91. The van der Waals surface area contributed by atoms with Gasteiger partial charge >= 0.3 is 0 Å². The normalized spacial score (nSPS) is 12.0. The fourth-order valence-corrected chi connectivity index (χ4v) is 5.17. The van der Waals surface area contributed by atoms with E-state index in [9.17, 15) is 13.2 Å². The van der Waals surface area contributed by atoms with E-state index >= 15 is 0 Å². The summed E-state index contributed by atoms with van der Waals surface area (Å²) in [5.74, 6) is -0.140. The third kappa shape index (κ3) is 3.36. The first kappa shape index (κ1) is 17.1. The van der Waals surface area contributed by atoms with Crippen LogP contribution in [0.1, 0.15) is 20.2 Å². The molecule has 0 aromatic carbocycles. The van der Waals surface area contributed by atoms with Crippen LogP contribution in [0.2, 0.25) is 0 Å². The molecule has 0 bridgehead atoms. The number of carbonyl (C=O) groups is 1. The van der Waals surface area contributed by atoms with Gasteiger partial charge in [-0.2, -0.15) is 5.10 Å². The van der Waals surface area contributed by atoms with Gasteiger partial charge in [-0.15, -0.1) is 22.7 Å². The quantitative estimate of drug-likeness (QED) is 0.697. The van der Waals surface area contributed by atoms with Crippen molar-refractivity contribution in [2.45, 2.75) is 17.6 Å². The molecule has 0 unspecified atom stereocenters. The molecular formula is C14H16N4O3S3. The lowest BCUT2D eigenvalue weighted by Crippen LogP contribution is -2.24. The number of sulfonamides is 1. The van der Waals surface area contributed by atoms with E-state index in [1.807, 2.05) is 20.0 Å². The van der Waals surface area contributed by atoms with Crippen LogP contribution in [0.5, 0.6) is 0 Å². The Balaban J connectivity index is 1.62. The van der Waals surface area contributed by atoms with Crippen LogP contribution in [0, 0.1) is 6.92 Å². The summed E-state index contributed by atoms with van der Waals surface area (Å²) in [7, 11) is -1.80. The Labute approximate surface area is 147 Å². The van der Waals surface area contributed by atoms with Gasteiger partial charge in [0.05, 0.1) is 10.6 Å². The van der Waals surface area contributed by atoms with Crippen LogP contribution in [0.3, 0.4) is 0 Å². The van der Waals surface area contributed by atoms with Crippen LogP contribution in [0.25, 0.3) is 10.2 Å². The molecule has 3 N–H and O–H groups in total. The first-order chi connectivity index (χ1) is 11.3. The summed E-state index contributed by atoms with van der Waals surface area (Å²) in [4.78, 5) is 14.7. The van der Waals surface area contributed by atoms with Crippen LogP contribution in [0.15, 0.2) is 22.4 Å². The van der Waals surface area contributed by atoms with Crippen LogP contribution < -0.4 is 10.5 Å². The average molecular weight is 385 g/mol. The molecule has 0 saturated heterocycles. The maximum atomic E-state index is 12.2. The molecule has 0 radical (unpaired) electrons. The van der Waals surface area contributed by atoms with Crippen LogP contribution in [0.4, 0.5) is 0 Å². The van der Waals surface area contributed by atoms with Gasteiger partial charge in [-0.3, -0.25) is 9.48 Å². The number of thiophene rings is 2. The maximum Gasteiger partial charge on any atom is 0.261 e. The summed E-state index contributed by atoms with van der Waals surface area (Å²) in [6.45, 7) is 2.34. The Kier molecular flexibility index (Phi) is 4.47. The van der Waals surface area contributed by atoms with Gasteiger partial charge in [0.15, 0.2) is 0 Å². The number of hydrogen-bond donors (Lipinski definition) is 2. The van der Waals surface area contributed by atoms with Crippen molar-refractivity contribution in [3.05, 3.63) is 33.6 Å². The van der Waals surface area contributed by atoms with E-state index in [0.29, 0.717) is 17.8 Å². The molecule has 10 heteroatoms. The van der Waals surface area contributed by atoms with Crippen LogP contribution in [-0.2, 0) is 23.5 Å². The van der Waals surface area contributed by atoms with E-state index in [1.165, 1.54) is 17.4 Å². The molecule has 0 aliphatic rings. The first-order valence-corrected chi connectivity index (χ1v) is 10.3. The van der Waals surface area contributed by atoms with Crippen molar-refractivity contribution in [3.63, 3.8) is 0 Å². The van der Waals surface area contributed by atoms with E-state index in [0.717, 1.165) is 32.1 Å². The molecule has 24 heavy (non-hydrogen) atoms. The predicted octanol–water partition coefficient (Wildman–Crippen LogP) is 1.62. The van der Waals surface area contributed by atoms with Gasteiger partial charge in [0.2, 0.25) is 10.0 Å². The summed E-state index contributed by atoms with van der Waals surface area (Å²) in [6, 6.07) is 5.05. The molecular weight excluding hydrogens is 368 g/mol. The topological polar surface area (TPSA) is 107 Å². The Hall–Kier alpha value is -1.75. The Bertz CT molecular complexity index is 979. The van der Waals surface area contributed by atoms with Gasteiger partial charge in [0.1, 0.15) is 9.04 Å². The van der Waals surface area contributed by atoms with Gasteiger partial charge in [-0.1, -0.05) is 0 Å². The summed E-state index contributed by atoms with van der Waals surface area (Å²) < 4.78 is 24.4. The van der Waals surface area contributed by atoms with Crippen molar-refractivity contribution in [1.82, 2.24) is 15.1 Å². The molecule has 1 amide bonds. The number of fused-ring (bicyclic) bond motifs is 1. The minimum absolute atomic E-state index is 0.135. The minimum atomic E-state index is -3.66. The van der Waals surface area contributed by atoms with Crippen LogP contribution >= 0.6 is 22.7 Å². The predicted molar refractivity (Wildman–Crippen MR) is 95.1 cm³/mol. The second-order valence-electron chi connectivity index (χ2n) is 5.31. The molecule has 3 heterocycles. The molecule has 128 valence electrons. The fourth-order valence-electron chi connectivity index (χ4n) is 2.35. The van der Waals surface area contributed by atoms with Crippen molar-refractivity contribution in [2.24, 2.45) is 12.2 Å². The molecule has 0 aliphatic heterocycles. The monoisotopic (exact) mass is 384 g/mol. The van der Waals surface area contributed by atoms with E-state index in [1.54, 1.807) is 10.7 Å². The van der Waals surface area contributed by atoms with Crippen molar-refractivity contribution in [3.8, 4) is 0 Å². The van der Waals surface area contributed by atoms with Gasteiger partial charge in [0.25, 0.3) is 5.91 Å². The smallest absolute Gasteiger partial charge is 0.261 e. The number of rotatable bonds is 5. The highest BCUT2D eigenvalue weighted by Crippen LogP contribution is 2.27. The Morgan fingerprint density at radius 3 is 2.75 bits per heavy atom. The summed E-state index contributed by atoms with van der Waals surface area (Å²) >= 11 is 2.52. The molecule has 0 fully saturated rings. The van der Waals surface area contributed by atoms with Crippen LogP contribution in [-0.4, -0.2) is 30.7 Å². The molecule has 3 rings (SSSR count). The van der Waals surface area contributed by atoms with Gasteiger partial charge in [-0.05, 0) is 31.5 Å². The minimum Gasteiger partial charge on any atom is -0.351 e. The number of nitrogens with one attached hydrogen (secondary N) is 1. The number of hydrogen-bond acceptors (Lipinski definition) is 6. The van der Waals surface area contributed by atoms with Crippen molar-refractivity contribution < 1.29 is 13.2 Å². The lowest BCUT2D eigenvalue weighted by Gasteiger charge is -2.02. The first-order valence-electron chi connectivity index (χ1n) is 7.08. The third-order valence-electron chi connectivity index (χ3n) is 3.49. The van der Waals surface area contributed by atoms with Crippen molar-refractivity contribution >= 4 is 48.8 Å². The number of nitrogens with two attached hydrogens (primary N) is 1. The molecule has 0 aliphatic carbocycles. The number of primary sulfonamides is 1. The molecule has 0 saturated carbocycles. The SMILES string of the molecule is Cc1nn(C)c2sc(C(=O)NCCc3ccc(S(N)(=O)=O)s3)cc12. The highest BCUT2D eigenvalue weighted by Gasteiger charge is 2.15. The largest absolute Gasteiger partial charge is 0.351 e. The highest BCUT2D eigenvalue weighted by atomic mass is 32.2. The summed E-state index contributed by atoms with van der Waals surface area (Å²) in [6.07, 6.45) is 0.553. The zero-order valence-corrected chi connectivity index (χ0v) is 15.5. The van der Waals surface area contributed by atoms with E-state index in [2.05, 4.69) is 10.4 Å². The van der Waals surface area contributed by atoms with Crippen molar-refractivity contribution in [1.29, 1.82) is 0 Å². The second kappa shape index (κ2) is 6.28. The number of aryl methyl sites for hydroxylation is 2. The Morgan fingerprint density at radius 1 is 1.38 bits per heavy atom. The molecule has 3 aromatic rings. The number of amides is 1. The zero-order chi connectivity index (χ0) is 17.5. The Morgan fingerprint density at radius 2 is 2.12 bits per heavy atom. The van der Waals surface area contributed by atoms with Gasteiger partial charge in [-0.25, -0.2) is 13.6 Å². The van der Waals surface area contributed by atoms with E-state index < -0.39 is 10.0 Å². The standard InChI is InChI=1S/C14H16N4O3S3/c1-8-10-7-11(23-14(10)18(2)17-8)13(19)16-6-5-9-3-4-12(22-9)24(15,20)21/h3-4,7H,5-6H2,1-2H3,(H,16,19)(H2,15,20,21). The maximum absolute atomic E-state index is 12.2. The number of aromatic nitrogens is 2. The molecule has 0 spiro atoms. The average Bonchev–Trinajstić information content (AvgIpc) is 3.17. The number of nitrogens with zero attached hydrogens (tertiary/aromatic N) is 2.